The van der Waals surface area contributed by atoms with Crippen molar-refractivity contribution in [2.24, 2.45) is 0 Å². The molecular weight excluding hydrogens is 340 g/mol. The van der Waals surface area contributed by atoms with Crippen molar-refractivity contribution in [2.45, 2.75) is 18.7 Å². The molecule has 0 saturated carbocycles. The third-order valence-corrected chi connectivity index (χ3v) is 5.04. The van der Waals surface area contributed by atoms with E-state index in [-0.39, 0.29) is 4.90 Å². The van der Waals surface area contributed by atoms with E-state index < -0.39 is 10.0 Å². The van der Waals surface area contributed by atoms with Gasteiger partial charge < -0.3 is 5.73 Å². The first kappa shape index (κ1) is 14.9. The highest BCUT2D eigenvalue weighted by atomic mass is 79.9. The average Bonchev–Trinajstić information content (AvgIpc) is 2.32. The van der Waals surface area contributed by atoms with E-state index in [1.165, 1.54) is 0 Å². The van der Waals surface area contributed by atoms with Crippen LogP contribution in [-0.2, 0) is 10.0 Å². The van der Waals surface area contributed by atoms with Crippen LogP contribution in [0.5, 0.6) is 0 Å². The molecule has 0 aliphatic rings. The van der Waals surface area contributed by atoms with E-state index in [2.05, 4.69) is 20.7 Å². The first-order chi connectivity index (χ1) is 9.29. The maximum absolute atomic E-state index is 12.4. The third-order valence-electron chi connectivity index (χ3n) is 2.86. The Morgan fingerprint density at radius 2 is 1.80 bits per heavy atom. The lowest BCUT2D eigenvalue weighted by atomic mass is 10.2. The lowest BCUT2D eigenvalue weighted by Gasteiger charge is -2.12. The van der Waals surface area contributed by atoms with Gasteiger partial charge in [-0.1, -0.05) is 17.7 Å². The number of hydrogen-bond donors (Lipinski definition) is 2. The van der Waals surface area contributed by atoms with Crippen LogP contribution in [0.4, 0.5) is 11.4 Å². The van der Waals surface area contributed by atoms with Gasteiger partial charge in [-0.25, -0.2) is 8.42 Å². The van der Waals surface area contributed by atoms with Crippen molar-refractivity contribution in [1.29, 1.82) is 0 Å². The Morgan fingerprint density at radius 1 is 1.10 bits per heavy atom. The second-order valence-corrected chi connectivity index (χ2v) is 7.12. The zero-order valence-electron chi connectivity index (χ0n) is 11.1. The van der Waals surface area contributed by atoms with Crippen molar-refractivity contribution in [3.63, 3.8) is 0 Å². The fourth-order valence-corrected chi connectivity index (χ4v) is 3.85. The highest BCUT2D eigenvalue weighted by Gasteiger charge is 2.18. The van der Waals surface area contributed by atoms with Gasteiger partial charge in [0.2, 0.25) is 0 Å². The lowest BCUT2D eigenvalue weighted by Crippen LogP contribution is -2.14. The highest BCUT2D eigenvalue weighted by molar-refractivity contribution is 9.10. The molecule has 0 heterocycles. The Morgan fingerprint density at radius 3 is 2.40 bits per heavy atom. The van der Waals surface area contributed by atoms with Crippen LogP contribution in [0.15, 0.2) is 45.8 Å². The van der Waals surface area contributed by atoms with Gasteiger partial charge in [0.25, 0.3) is 10.0 Å². The molecule has 0 unspecified atom stereocenters. The van der Waals surface area contributed by atoms with Gasteiger partial charge in [-0.05, 0) is 59.6 Å². The molecule has 2 aromatic rings. The molecule has 0 aliphatic carbocycles. The summed E-state index contributed by atoms with van der Waals surface area (Å²) >= 11 is 3.30. The zero-order valence-corrected chi connectivity index (χ0v) is 13.5. The number of nitrogen functional groups attached to an aromatic ring is 1. The van der Waals surface area contributed by atoms with Crippen molar-refractivity contribution in [1.82, 2.24) is 0 Å². The molecular formula is C14H15BrN2O2S. The Bertz CT molecular complexity index is 758. The molecule has 0 atom stereocenters. The van der Waals surface area contributed by atoms with Crippen LogP contribution in [0.2, 0.25) is 0 Å². The predicted octanol–water partition coefficient (Wildman–Crippen LogP) is 3.45. The summed E-state index contributed by atoms with van der Waals surface area (Å²) in [5.41, 5.74) is 8.39. The highest BCUT2D eigenvalue weighted by Crippen LogP contribution is 2.28. The molecule has 0 bridgehead atoms. The fraction of sp³-hybridized carbons (Fsp3) is 0.143. The Labute approximate surface area is 127 Å². The van der Waals surface area contributed by atoms with Gasteiger partial charge in [0.15, 0.2) is 0 Å². The monoisotopic (exact) mass is 354 g/mol. The molecule has 0 radical (unpaired) electrons. The molecule has 3 N–H and O–H groups in total. The van der Waals surface area contributed by atoms with Crippen LogP contribution in [0.1, 0.15) is 11.1 Å². The number of halogens is 1. The van der Waals surface area contributed by atoms with Gasteiger partial charge in [0.05, 0.1) is 10.6 Å². The summed E-state index contributed by atoms with van der Waals surface area (Å²) in [4.78, 5) is 0.270. The molecule has 0 spiro atoms. The summed E-state index contributed by atoms with van der Waals surface area (Å²) in [6, 6.07) is 10.1. The minimum Gasteiger partial charge on any atom is -0.399 e. The minimum atomic E-state index is -3.62. The number of nitrogens with one attached hydrogen (secondary N) is 1. The molecule has 0 saturated heterocycles. The quantitative estimate of drug-likeness (QED) is 0.829. The van der Waals surface area contributed by atoms with Gasteiger partial charge in [-0.15, -0.1) is 0 Å². The zero-order chi connectivity index (χ0) is 14.9. The van der Waals surface area contributed by atoms with Gasteiger partial charge in [-0.3, -0.25) is 4.72 Å². The van der Waals surface area contributed by atoms with Crippen LogP contribution in [0, 0.1) is 13.8 Å². The van der Waals surface area contributed by atoms with Crippen LogP contribution in [0.25, 0.3) is 0 Å². The Hall–Kier alpha value is -1.53. The fourth-order valence-electron chi connectivity index (χ4n) is 1.91. The average molecular weight is 355 g/mol. The molecule has 6 heteroatoms. The molecule has 2 rings (SSSR count). The first-order valence-corrected chi connectivity index (χ1v) is 8.22. The second-order valence-electron chi connectivity index (χ2n) is 4.61. The van der Waals surface area contributed by atoms with Gasteiger partial charge in [-0.2, -0.15) is 0 Å². The van der Waals surface area contributed by atoms with Crippen LogP contribution >= 0.6 is 15.9 Å². The molecule has 0 aromatic heterocycles. The van der Waals surface area contributed by atoms with Gasteiger partial charge >= 0.3 is 0 Å². The topological polar surface area (TPSA) is 72.2 Å². The summed E-state index contributed by atoms with van der Waals surface area (Å²) in [6.45, 7) is 3.70. The summed E-state index contributed by atoms with van der Waals surface area (Å²) in [7, 11) is -3.62. The van der Waals surface area contributed by atoms with Gasteiger partial charge in [0.1, 0.15) is 0 Å². The maximum atomic E-state index is 12.4. The molecule has 0 amide bonds. The van der Waals surface area contributed by atoms with Gasteiger partial charge in [0, 0.05) is 10.2 Å². The Balaban J connectivity index is 2.41. The summed E-state index contributed by atoms with van der Waals surface area (Å²) in [5.74, 6) is 0. The number of anilines is 2. The molecule has 0 fully saturated rings. The van der Waals surface area contributed by atoms with E-state index in [9.17, 15) is 8.42 Å². The summed E-state index contributed by atoms with van der Waals surface area (Å²) < 4.78 is 28.0. The predicted molar refractivity (Wildman–Crippen MR) is 85.3 cm³/mol. The number of aryl methyl sites for hydroxylation is 2. The summed E-state index contributed by atoms with van der Waals surface area (Å²) in [6.07, 6.45) is 0. The minimum absolute atomic E-state index is 0.270. The van der Waals surface area contributed by atoms with E-state index in [4.69, 9.17) is 5.73 Å². The lowest BCUT2D eigenvalue weighted by molar-refractivity contribution is 0.600. The summed E-state index contributed by atoms with van der Waals surface area (Å²) in [5, 5.41) is 0. The van der Waals surface area contributed by atoms with Crippen molar-refractivity contribution in [2.75, 3.05) is 10.5 Å². The number of rotatable bonds is 3. The second kappa shape index (κ2) is 5.46. The molecule has 2 aromatic carbocycles. The maximum Gasteiger partial charge on any atom is 0.262 e. The van der Waals surface area contributed by atoms with Crippen molar-refractivity contribution < 1.29 is 8.42 Å². The number of hydrogen-bond acceptors (Lipinski definition) is 3. The number of nitrogens with two attached hydrogens (primary N) is 1. The third kappa shape index (κ3) is 3.13. The number of sulfonamides is 1. The standard InChI is InChI=1S/C14H15BrN2O2S/c1-9-3-6-14(10(2)7-9)20(18,19)17-13-5-4-11(16)8-12(13)15/h3-8,17H,16H2,1-2H3. The van der Waals surface area contributed by atoms with Crippen LogP contribution < -0.4 is 10.5 Å². The molecule has 0 aliphatic heterocycles. The van der Waals surface area contributed by atoms with E-state index in [1.54, 1.807) is 37.3 Å². The SMILES string of the molecule is Cc1ccc(S(=O)(=O)Nc2ccc(N)cc2Br)c(C)c1. The van der Waals surface area contributed by atoms with Crippen LogP contribution in [-0.4, -0.2) is 8.42 Å². The van der Waals surface area contributed by atoms with Crippen molar-refractivity contribution in [3.8, 4) is 0 Å². The molecule has 4 nitrogen and oxygen atoms in total. The normalized spacial score (nSPS) is 11.3. The van der Waals surface area contributed by atoms with E-state index >= 15 is 0 Å². The molecule has 20 heavy (non-hydrogen) atoms. The number of benzene rings is 2. The smallest absolute Gasteiger partial charge is 0.262 e. The van der Waals surface area contributed by atoms with Crippen LogP contribution in [0.3, 0.4) is 0 Å². The largest absolute Gasteiger partial charge is 0.399 e. The van der Waals surface area contributed by atoms with Crippen molar-refractivity contribution >= 4 is 37.3 Å². The van der Waals surface area contributed by atoms with E-state index in [1.807, 2.05) is 13.0 Å². The Kier molecular flexibility index (Phi) is 4.06. The van der Waals surface area contributed by atoms with Crippen molar-refractivity contribution in [3.05, 3.63) is 52.0 Å². The van der Waals surface area contributed by atoms with E-state index in [0.717, 1.165) is 5.56 Å². The molecule has 106 valence electrons. The van der Waals surface area contributed by atoms with E-state index in [0.29, 0.717) is 21.4 Å². The first-order valence-electron chi connectivity index (χ1n) is 5.95.